The van der Waals surface area contributed by atoms with Crippen LogP contribution in [0.1, 0.15) is 37.8 Å². The van der Waals surface area contributed by atoms with Crippen molar-refractivity contribution in [1.82, 2.24) is 9.80 Å². The zero-order valence-electron chi connectivity index (χ0n) is 12.3. The van der Waals surface area contributed by atoms with Crippen LogP contribution in [-0.4, -0.2) is 48.1 Å². The highest BCUT2D eigenvalue weighted by Crippen LogP contribution is 2.33. The lowest BCUT2D eigenvalue weighted by atomic mass is 9.96. The molecule has 1 aromatic carbocycles. The predicted octanol–water partition coefficient (Wildman–Crippen LogP) is 2.87. The molecule has 2 rings (SSSR count). The van der Waals surface area contributed by atoms with Crippen molar-refractivity contribution < 1.29 is 5.11 Å². The first-order valence-electron chi connectivity index (χ1n) is 7.31. The van der Waals surface area contributed by atoms with E-state index in [0.29, 0.717) is 17.8 Å². The standard InChI is InChI=1S/C16H26N2O/c1-4-15(14-7-5-6-8-16(14)19)18-11-9-13(10-12-18)17(2)3/h5-8,13,15,19H,4,9-12H2,1-3H3. The highest BCUT2D eigenvalue weighted by molar-refractivity contribution is 5.34. The molecule has 3 nitrogen and oxygen atoms in total. The van der Waals surface area contributed by atoms with Crippen molar-refractivity contribution in [2.24, 2.45) is 0 Å². The van der Waals surface area contributed by atoms with Crippen LogP contribution >= 0.6 is 0 Å². The van der Waals surface area contributed by atoms with E-state index in [2.05, 4.69) is 36.9 Å². The highest BCUT2D eigenvalue weighted by Gasteiger charge is 2.27. The molecule has 0 bridgehead atoms. The fraction of sp³-hybridized carbons (Fsp3) is 0.625. The van der Waals surface area contributed by atoms with Crippen LogP contribution in [-0.2, 0) is 0 Å². The molecule has 0 spiro atoms. The first kappa shape index (κ1) is 14.4. The molecule has 0 amide bonds. The average Bonchev–Trinajstić information content (AvgIpc) is 2.42. The van der Waals surface area contributed by atoms with E-state index in [4.69, 9.17) is 0 Å². The van der Waals surface area contributed by atoms with Crippen LogP contribution in [0.15, 0.2) is 24.3 Å². The first-order chi connectivity index (χ1) is 9.13. The number of phenolic OH excluding ortho intramolecular Hbond substituents is 1. The maximum absolute atomic E-state index is 10.0. The van der Waals surface area contributed by atoms with Gasteiger partial charge >= 0.3 is 0 Å². The van der Waals surface area contributed by atoms with E-state index in [-0.39, 0.29) is 0 Å². The molecule has 1 N–H and O–H groups in total. The van der Waals surface area contributed by atoms with Crippen LogP contribution in [0.3, 0.4) is 0 Å². The number of hydrogen-bond donors (Lipinski definition) is 1. The van der Waals surface area contributed by atoms with Crippen molar-refractivity contribution in [2.75, 3.05) is 27.2 Å². The SMILES string of the molecule is CCC(c1ccccc1O)N1CCC(N(C)C)CC1. The average molecular weight is 262 g/mol. The van der Waals surface area contributed by atoms with Gasteiger partial charge in [-0.25, -0.2) is 0 Å². The van der Waals surface area contributed by atoms with Gasteiger partial charge in [-0.1, -0.05) is 25.1 Å². The minimum Gasteiger partial charge on any atom is -0.508 e. The van der Waals surface area contributed by atoms with Crippen LogP contribution in [0.25, 0.3) is 0 Å². The minimum absolute atomic E-state index is 0.351. The van der Waals surface area contributed by atoms with E-state index in [0.717, 1.165) is 25.1 Å². The van der Waals surface area contributed by atoms with E-state index >= 15 is 0 Å². The van der Waals surface area contributed by atoms with Crippen molar-refractivity contribution in [3.05, 3.63) is 29.8 Å². The molecule has 1 aromatic rings. The second-order valence-corrected chi connectivity index (χ2v) is 5.71. The third-order valence-corrected chi connectivity index (χ3v) is 4.35. The number of piperidine rings is 1. The second kappa shape index (κ2) is 6.40. The number of phenols is 1. The maximum atomic E-state index is 10.0. The summed E-state index contributed by atoms with van der Waals surface area (Å²) in [6.45, 7) is 4.44. The van der Waals surface area contributed by atoms with Crippen LogP contribution < -0.4 is 0 Å². The summed E-state index contributed by atoms with van der Waals surface area (Å²) in [6, 6.07) is 8.82. The Hall–Kier alpha value is -1.06. The van der Waals surface area contributed by atoms with E-state index in [1.54, 1.807) is 6.07 Å². The Labute approximate surface area is 116 Å². The molecule has 0 radical (unpaired) electrons. The first-order valence-corrected chi connectivity index (χ1v) is 7.31. The Kier molecular flexibility index (Phi) is 4.83. The quantitative estimate of drug-likeness (QED) is 0.904. The van der Waals surface area contributed by atoms with Gasteiger partial charge in [0.2, 0.25) is 0 Å². The monoisotopic (exact) mass is 262 g/mol. The predicted molar refractivity (Wildman–Crippen MR) is 79.4 cm³/mol. The molecule has 0 aliphatic carbocycles. The summed E-state index contributed by atoms with van der Waals surface area (Å²) in [6.07, 6.45) is 3.48. The van der Waals surface area contributed by atoms with Gasteiger partial charge in [0, 0.05) is 30.7 Å². The van der Waals surface area contributed by atoms with Crippen LogP contribution in [0.2, 0.25) is 0 Å². The summed E-state index contributed by atoms with van der Waals surface area (Å²) < 4.78 is 0. The topological polar surface area (TPSA) is 26.7 Å². The molecule has 1 heterocycles. The number of nitrogens with zero attached hydrogens (tertiary/aromatic N) is 2. The fourth-order valence-corrected chi connectivity index (χ4v) is 3.16. The molecule has 1 aliphatic rings. The number of para-hydroxylation sites is 1. The molecule has 0 saturated carbocycles. The minimum atomic E-state index is 0.351. The summed E-state index contributed by atoms with van der Waals surface area (Å²) in [5, 5.41) is 10.0. The molecule has 1 fully saturated rings. The van der Waals surface area contributed by atoms with Crippen molar-refractivity contribution in [3.63, 3.8) is 0 Å². The van der Waals surface area contributed by atoms with Gasteiger partial charge in [-0.15, -0.1) is 0 Å². The highest BCUT2D eigenvalue weighted by atomic mass is 16.3. The summed E-state index contributed by atoms with van der Waals surface area (Å²) in [7, 11) is 4.33. The number of hydrogen-bond acceptors (Lipinski definition) is 3. The van der Waals surface area contributed by atoms with Gasteiger partial charge in [-0.3, -0.25) is 4.90 Å². The Morgan fingerprint density at radius 2 is 1.89 bits per heavy atom. The lowest BCUT2D eigenvalue weighted by molar-refractivity contribution is 0.105. The summed E-state index contributed by atoms with van der Waals surface area (Å²) in [5.74, 6) is 0.434. The smallest absolute Gasteiger partial charge is 0.120 e. The molecule has 1 unspecified atom stereocenters. The van der Waals surface area contributed by atoms with Crippen molar-refractivity contribution in [2.45, 2.75) is 38.3 Å². The Morgan fingerprint density at radius 1 is 1.26 bits per heavy atom. The van der Waals surface area contributed by atoms with E-state index in [9.17, 15) is 5.11 Å². The van der Waals surface area contributed by atoms with Gasteiger partial charge in [0.25, 0.3) is 0 Å². The molecule has 0 aromatic heterocycles. The third kappa shape index (κ3) is 3.28. The molecular formula is C16H26N2O. The lowest BCUT2D eigenvalue weighted by Gasteiger charge is -2.39. The molecule has 1 saturated heterocycles. The molecule has 1 atom stereocenters. The summed E-state index contributed by atoms with van der Waals surface area (Å²) >= 11 is 0. The lowest BCUT2D eigenvalue weighted by Crippen LogP contribution is -2.43. The molecule has 3 heteroatoms. The van der Waals surface area contributed by atoms with Crippen molar-refractivity contribution >= 4 is 0 Å². The van der Waals surface area contributed by atoms with E-state index < -0.39 is 0 Å². The van der Waals surface area contributed by atoms with Crippen LogP contribution in [0.4, 0.5) is 0 Å². The third-order valence-electron chi connectivity index (χ3n) is 4.35. The van der Waals surface area contributed by atoms with Crippen LogP contribution in [0, 0.1) is 0 Å². The number of rotatable bonds is 4. The Balaban J connectivity index is 2.06. The normalized spacial score (nSPS) is 19.8. The van der Waals surface area contributed by atoms with Crippen LogP contribution in [0.5, 0.6) is 5.75 Å². The van der Waals surface area contributed by atoms with E-state index in [1.807, 2.05) is 12.1 Å². The largest absolute Gasteiger partial charge is 0.508 e. The zero-order chi connectivity index (χ0) is 13.8. The van der Waals surface area contributed by atoms with Crippen molar-refractivity contribution in [1.29, 1.82) is 0 Å². The number of benzene rings is 1. The van der Waals surface area contributed by atoms with Gasteiger partial charge in [-0.2, -0.15) is 0 Å². The van der Waals surface area contributed by atoms with E-state index in [1.165, 1.54) is 12.8 Å². The van der Waals surface area contributed by atoms with Gasteiger partial charge in [0.15, 0.2) is 0 Å². The second-order valence-electron chi connectivity index (χ2n) is 5.71. The molecule has 19 heavy (non-hydrogen) atoms. The van der Waals surface area contributed by atoms with Gasteiger partial charge in [0.1, 0.15) is 5.75 Å². The molecular weight excluding hydrogens is 236 g/mol. The van der Waals surface area contributed by atoms with Gasteiger partial charge in [-0.05, 0) is 39.4 Å². The number of aromatic hydroxyl groups is 1. The summed E-state index contributed by atoms with van der Waals surface area (Å²) in [4.78, 5) is 4.85. The summed E-state index contributed by atoms with van der Waals surface area (Å²) in [5.41, 5.74) is 1.08. The Morgan fingerprint density at radius 3 is 2.42 bits per heavy atom. The van der Waals surface area contributed by atoms with Gasteiger partial charge in [0.05, 0.1) is 0 Å². The number of likely N-dealkylation sites (tertiary alicyclic amines) is 1. The fourth-order valence-electron chi connectivity index (χ4n) is 3.16. The maximum Gasteiger partial charge on any atom is 0.120 e. The van der Waals surface area contributed by atoms with Gasteiger partial charge < -0.3 is 10.0 Å². The Bertz CT molecular complexity index is 397. The molecule has 106 valence electrons. The molecule has 1 aliphatic heterocycles. The zero-order valence-corrected chi connectivity index (χ0v) is 12.3. The van der Waals surface area contributed by atoms with Crippen molar-refractivity contribution in [3.8, 4) is 5.75 Å².